The summed E-state index contributed by atoms with van der Waals surface area (Å²) < 4.78 is 29.0. The smallest absolute Gasteiger partial charge is 0.243 e. The predicted octanol–water partition coefficient (Wildman–Crippen LogP) is 3.57. The average molecular weight is 555 g/mol. The molecule has 1 saturated heterocycles. The van der Waals surface area contributed by atoms with Crippen LogP contribution in [0.5, 0.6) is 0 Å². The molecule has 40 heavy (non-hydrogen) atoms. The summed E-state index contributed by atoms with van der Waals surface area (Å²) in [6.07, 6.45) is 3.17. The van der Waals surface area contributed by atoms with Gasteiger partial charge in [-0.25, -0.2) is 8.42 Å². The third kappa shape index (κ3) is 5.52. The van der Waals surface area contributed by atoms with E-state index in [1.807, 2.05) is 60.7 Å². The molecular weight excluding hydrogens is 524 g/mol. The minimum atomic E-state index is -4.07. The fourth-order valence-corrected chi connectivity index (χ4v) is 6.67. The normalized spacial score (nSPS) is 16.1. The van der Waals surface area contributed by atoms with Gasteiger partial charge >= 0.3 is 0 Å². The van der Waals surface area contributed by atoms with Crippen molar-refractivity contribution in [3.8, 4) is 0 Å². The number of pyridine rings is 1. The highest BCUT2D eigenvalue weighted by atomic mass is 32.2. The molecular formula is C31H30N4O4S. The minimum Gasteiger partial charge on any atom is -0.351 e. The van der Waals surface area contributed by atoms with Crippen LogP contribution in [0.15, 0.2) is 115 Å². The second-order valence-corrected chi connectivity index (χ2v) is 11.5. The van der Waals surface area contributed by atoms with Crippen molar-refractivity contribution >= 4 is 32.7 Å². The van der Waals surface area contributed by atoms with Crippen LogP contribution >= 0.6 is 0 Å². The van der Waals surface area contributed by atoms with Gasteiger partial charge in [0.25, 0.3) is 0 Å². The van der Waals surface area contributed by atoms with Gasteiger partial charge in [0.15, 0.2) is 0 Å². The van der Waals surface area contributed by atoms with Crippen molar-refractivity contribution in [1.82, 2.24) is 19.5 Å². The Labute approximate surface area is 234 Å². The zero-order chi connectivity index (χ0) is 28.1. The number of rotatable bonds is 8. The van der Waals surface area contributed by atoms with Gasteiger partial charge in [0, 0.05) is 37.8 Å². The van der Waals surface area contributed by atoms with Crippen LogP contribution in [0.3, 0.4) is 0 Å². The van der Waals surface area contributed by atoms with E-state index in [9.17, 15) is 18.0 Å². The first-order valence-corrected chi connectivity index (χ1v) is 14.5. The van der Waals surface area contributed by atoms with Crippen LogP contribution in [0.4, 0.5) is 0 Å². The molecule has 8 nitrogen and oxygen atoms in total. The van der Waals surface area contributed by atoms with Crippen LogP contribution in [0.2, 0.25) is 0 Å². The van der Waals surface area contributed by atoms with Gasteiger partial charge < -0.3 is 10.2 Å². The predicted molar refractivity (Wildman–Crippen MR) is 154 cm³/mol. The number of amides is 2. The summed E-state index contributed by atoms with van der Waals surface area (Å²) in [5.74, 6) is -1.26. The number of sulfonamides is 1. The lowest BCUT2D eigenvalue weighted by Crippen LogP contribution is -2.61. The number of fused-ring (bicyclic) bond motifs is 1. The van der Waals surface area contributed by atoms with Crippen LogP contribution in [0, 0.1) is 0 Å². The molecule has 2 amide bonds. The Morgan fingerprint density at radius 1 is 0.950 bits per heavy atom. The minimum absolute atomic E-state index is 0.0262. The van der Waals surface area contributed by atoms with Crippen LogP contribution in [0.25, 0.3) is 10.9 Å². The Kier molecular flexibility index (Phi) is 8.04. The molecule has 0 radical (unpaired) electrons. The van der Waals surface area contributed by atoms with Crippen molar-refractivity contribution in [3.05, 3.63) is 121 Å². The third-order valence-corrected chi connectivity index (χ3v) is 8.96. The second-order valence-electron chi connectivity index (χ2n) is 9.56. The summed E-state index contributed by atoms with van der Waals surface area (Å²) in [4.78, 5) is 33.3. The number of benzene rings is 3. The lowest BCUT2D eigenvalue weighted by atomic mass is 9.89. The number of carbonyl (C=O) groups excluding carboxylic acids is 2. The summed E-state index contributed by atoms with van der Waals surface area (Å²) in [6.45, 7) is 3.86. The molecule has 204 valence electrons. The van der Waals surface area contributed by atoms with Crippen molar-refractivity contribution < 1.29 is 18.0 Å². The summed E-state index contributed by atoms with van der Waals surface area (Å²) in [7, 11) is -4.07. The molecule has 1 fully saturated rings. The van der Waals surface area contributed by atoms with Gasteiger partial charge in [-0.1, -0.05) is 72.8 Å². The monoisotopic (exact) mass is 554 g/mol. The largest absolute Gasteiger partial charge is 0.351 e. The molecule has 4 aromatic rings. The van der Waals surface area contributed by atoms with Crippen LogP contribution < -0.4 is 5.32 Å². The van der Waals surface area contributed by atoms with Crippen LogP contribution in [0.1, 0.15) is 17.0 Å². The van der Waals surface area contributed by atoms with Gasteiger partial charge in [-0.05, 0) is 35.4 Å². The molecule has 5 rings (SSSR count). The van der Waals surface area contributed by atoms with Crippen LogP contribution in [-0.2, 0) is 19.6 Å². The van der Waals surface area contributed by atoms with E-state index in [2.05, 4.69) is 16.9 Å². The maximum absolute atomic E-state index is 14.1. The van der Waals surface area contributed by atoms with Gasteiger partial charge in [-0.15, -0.1) is 6.58 Å². The van der Waals surface area contributed by atoms with E-state index in [1.165, 1.54) is 16.4 Å². The fourth-order valence-electron chi connectivity index (χ4n) is 5.06. The molecule has 0 spiro atoms. The number of piperazine rings is 1. The quantitative estimate of drug-likeness (QED) is 0.336. The molecule has 2 heterocycles. The molecule has 1 aliphatic heterocycles. The van der Waals surface area contributed by atoms with E-state index in [0.717, 1.165) is 11.1 Å². The molecule has 1 unspecified atom stereocenters. The first-order valence-electron chi connectivity index (χ1n) is 13.0. The highest BCUT2D eigenvalue weighted by molar-refractivity contribution is 7.89. The van der Waals surface area contributed by atoms with Crippen molar-refractivity contribution in [2.75, 3.05) is 26.2 Å². The van der Waals surface area contributed by atoms with Gasteiger partial charge in [-0.3, -0.25) is 14.6 Å². The van der Waals surface area contributed by atoms with Crippen molar-refractivity contribution in [2.45, 2.75) is 16.9 Å². The molecule has 1 N–H and O–H groups in total. The number of nitrogens with zero attached hydrogens (tertiary/aromatic N) is 3. The Balaban J connectivity index is 1.48. The summed E-state index contributed by atoms with van der Waals surface area (Å²) in [6, 6.07) is 26.1. The van der Waals surface area contributed by atoms with Gasteiger partial charge in [-0.2, -0.15) is 4.31 Å². The number of hydrogen-bond donors (Lipinski definition) is 1. The molecule has 9 heteroatoms. The first kappa shape index (κ1) is 27.2. The molecule has 3 aromatic carbocycles. The molecule has 1 aromatic heterocycles. The maximum atomic E-state index is 14.1. The van der Waals surface area contributed by atoms with Gasteiger partial charge in [0.2, 0.25) is 21.8 Å². The Bertz CT molecular complexity index is 1590. The molecule has 1 atom stereocenters. The lowest BCUT2D eigenvalue weighted by Gasteiger charge is -2.40. The van der Waals surface area contributed by atoms with Gasteiger partial charge in [0.05, 0.1) is 16.3 Å². The van der Waals surface area contributed by atoms with E-state index in [0.29, 0.717) is 10.9 Å². The number of nitrogens with one attached hydrogen (secondary N) is 1. The Morgan fingerprint density at radius 3 is 2.27 bits per heavy atom. The highest BCUT2D eigenvalue weighted by Gasteiger charge is 2.42. The summed E-state index contributed by atoms with van der Waals surface area (Å²) in [5.41, 5.74) is 2.32. The maximum Gasteiger partial charge on any atom is 0.243 e. The van der Waals surface area contributed by atoms with Crippen LogP contribution in [-0.4, -0.2) is 66.6 Å². The standard InChI is InChI=1S/C31H30N4O4S/c1-2-17-33-30(36)28-22-34(31(37)29(23-10-5-3-6-11-23)24-12-7-4-8-13-24)19-20-35(28)40(38,39)26-15-16-27-25(21-26)14-9-18-32-27/h2-16,18,21,28-29H,1,17,19-20,22H2,(H,33,36). The van der Waals surface area contributed by atoms with E-state index >= 15 is 0 Å². The lowest BCUT2D eigenvalue weighted by molar-refractivity contribution is -0.136. The van der Waals surface area contributed by atoms with E-state index < -0.39 is 27.9 Å². The molecule has 0 bridgehead atoms. The van der Waals surface area contributed by atoms with Gasteiger partial charge in [0.1, 0.15) is 6.04 Å². The molecule has 1 aliphatic rings. The molecule has 0 saturated carbocycles. The molecule has 0 aliphatic carbocycles. The van der Waals surface area contributed by atoms with Crippen molar-refractivity contribution in [3.63, 3.8) is 0 Å². The fraction of sp³-hybridized carbons (Fsp3) is 0.194. The third-order valence-electron chi connectivity index (χ3n) is 7.06. The first-order chi connectivity index (χ1) is 19.4. The zero-order valence-corrected chi connectivity index (χ0v) is 22.7. The summed E-state index contributed by atoms with van der Waals surface area (Å²) >= 11 is 0. The Morgan fingerprint density at radius 2 is 1.62 bits per heavy atom. The van der Waals surface area contributed by atoms with E-state index in [4.69, 9.17) is 0 Å². The Hall–Kier alpha value is -4.34. The van der Waals surface area contributed by atoms with Crippen molar-refractivity contribution in [2.24, 2.45) is 0 Å². The van der Waals surface area contributed by atoms with E-state index in [1.54, 1.807) is 35.4 Å². The topological polar surface area (TPSA) is 99.7 Å². The SMILES string of the molecule is C=CCNC(=O)C1CN(C(=O)C(c2ccccc2)c2ccccc2)CCN1S(=O)(=O)c1ccc2ncccc2c1. The second kappa shape index (κ2) is 11.8. The zero-order valence-electron chi connectivity index (χ0n) is 21.9. The average Bonchev–Trinajstić information content (AvgIpc) is 3.00. The highest BCUT2D eigenvalue weighted by Crippen LogP contribution is 2.30. The summed E-state index contributed by atoms with van der Waals surface area (Å²) in [5, 5.41) is 3.41. The van der Waals surface area contributed by atoms with Crippen molar-refractivity contribution in [1.29, 1.82) is 0 Å². The number of hydrogen-bond acceptors (Lipinski definition) is 5. The number of aromatic nitrogens is 1. The number of carbonyl (C=O) groups is 2. The van der Waals surface area contributed by atoms with E-state index in [-0.39, 0.29) is 37.0 Å².